The monoisotopic (exact) mass is 291 g/mol. The molecule has 0 saturated heterocycles. The maximum Gasteiger partial charge on any atom is 0.218 e. The smallest absolute Gasteiger partial charge is 0.218 e. The molecule has 2 aromatic heterocycles. The van der Waals surface area contributed by atoms with E-state index >= 15 is 0 Å². The van der Waals surface area contributed by atoms with E-state index in [1.807, 2.05) is 19.9 Å². The molecule has 0 amide bonds. The van der Waals surface area contributed by atoms with Gasteiger partial charge in [-0.3, -0.25) is 0 Å². The Balaban J connectivity index is 2.17. The van der Waals surface area contributed by atoms with Gasteiger partial charge < -0.3 is 10.1 Å². The van der Waals surface area contributed by atoms with Crippen LogP contribution in [0.25, 0.3) is 0 Å². The summed E-state index contributed by atoms with van der Waals surface area (Å²) in [5.74, 6) is 2.18. The van der Waals surface area contributed by atoms with Gasteiger partial charge in [-0.2, -0.15) is 4.98 Å². The zero-order valence-corrected chi connectivity index (χ0v) is 13.0. The molecule has 0 aromatic carbocycles. The zero-order chi connectivity index (χ0) is 14.4. The molecule has 1 atom stereocenters. The van der Waals surface area contributed by atoms with Crippen LogP contribution in [0.4, 0.5) is 5.82 Å². The molecule has 5 heteroatoms. The highest BCUT2D eigenvalue weighted by atomic mass is 32.1. The Morgan fingerprint density at radius 3 is 2.85 bits per heavy atom. The van der Waals surface area contributed by atoms with Crippen molar-refractivity contribution in [3.63, 3.8) is 0 Å². The van der Waals surface area contributed by atoms with Gasteiger partial charge in [0.25, 0.3) is 0 Å². The van der Waals surface area contributed by atoms with Gasteiger partial charge in [0, 0.05) is 10.9 Å². The molecule has 4 nitrogen and oxygen atoms in total. The second kappa shape index (κ2) is 7.24. The van der Waals surface area contributed by atoms with E-state index in [0.717, 1.165) is 24.5 Å². The van der Waals surface area contributed by atoms with Gasteiger partial charge in [-0.1, -0.05) is 19.4 Å². The van der Waals surface area contributed by atoms with Crippen LogP contribution in [0.1, 0.15) is 43.4 Å². The predicted molar refractivity (Wildman–Crippen MR) is 83.5 cm³/mol. The van der Waals surface area contributed by atoms with Crippen molar-refractivity contribution in [2.45, 2.75) is 39.7 Å². The highest BCUT2D eigenvalue weighted by Gasteiger charge is 2.13. The second-order valence-electron chi connectivity index (χ2n) is 4.57. The van der Waals surface area contributed by atoms with E-state index < -0.39 is 0 Å². The van der Waals surface area contributed by atoms with Crippen molar-refractivity contribution in [2.24, 2.45) is 0 Å². The number of rotatable bonds is 7. The first-order valence-electron chi connectivity index (χ1n) is 7.01. The van der Waals surface area contributed by atoms with E-state index in [9.17, 15) is 0 Å². The van der Waals surface area contributed by atoms with Crippen LogP contribution in [-0.2, 0) is 0 Å². The van der Waals surface area contributed by atoms with Gasteiger partial charge in [-0.25, -0.2) is 4.98 Å². The predicted octanol–water partition coefficient (Wildman–Crippen LogP) is 4.20. The van der Waals surface area contributed by atoms with Crippen LogP contribution >= 0.6 is 11.3 Å². The van der Waals surface area contributed by atoms with E-state index in [2.05, 4.69) is 39.7 Å². The Hall–Kier alpha value is -1.62. The molecular formula is C15H21N3OS. The van der Waals surface area contributed by atoms with E-state index in [1.165, 1.54) is 4.88 Å². The molecule has 0 saturated carbocycles. The van der Waals surface area contributed by atoms with Crippen LogP contribution < -0.4 is 10.1 Å². The number of hydrogen-bond donors (Lipinski definition) is 1. The fraction of sp³-hybridized carbons (Fsp3) is 0.467. The Morgan fingerprint density at radius 1 is 1.35 bits per heavy atom. The minimum Gasteiger partial charge on any atom is -0.478 e. The molecule has 0 spiro atoms. The van der Waals surface area contributed by atoms with E-state index in [-0.39, 0.29) is 0 Å². The first kappa shape index (κ1) is 14.8. The van der Waals surface area contributed by atoms with Gasteiger partial charge in [0.2, 0.25) is 5.88 Å². The topological polar surface area (TPSA) is 47.0 Å². The van der Waals surface area contributed by atoms with Crippen molar-refractivity contribution in [2.75, 3.05) is 11.9 Å². The molecule has 108 valence electrons. The molecule has 1 unspecified atom stereocenters. The van der Waals surface area contributed by atoms with Crippen LogP contribution in [0.2, 0.25) is 0 Å². The molecular weight excluding hydrogens is 270 g/mol. The lowest BCUT2D eigenvalue weighted by atomic mass is 10.1. The van der Waals surface area contributed by atoms with Gasteiger partial charge in [-0.15, -0.1) is 11.3 Å². The lowest BCUT2D eigenvalue weighted by molar-refractivity contribution is 0.325. The number of ether oxygens (including phenoxy) is 1. The molecule has 20 heavy (non-hydrogen) atoms. The van der Waals surface area contributed by atoms with Gasteiger partial charge in [0.1, 0.15) is 11.6 Å². The molecule has 0 fully saturated rings. The fourth-order valence-electron chi connectivity index (χ4n) is 2.08. The first-order valence-corrected chi connectivity index (χ1v) is 7.89. The molecule has 2 aromatic rings. The maximum atomic E-state index is 5.47. The summed E-state index contributed by atoms with van der Waals surface area (Å²) in [5.41, 5.74) is 0. The summed E-state index contributed by atoms with van der Waals surface area (Å²) in [7, 11) is 0. The van der Waals surface area contributed by atoms with Crippen molar-refractivity contribution < 1.29 is 4.74 Å². The quantitative estimate of drug-likeness (QED) is 0.830. The third-order valence-electron chi connectivity index (χ3n) is 2.89. The summed E-state index contributed by atoms with van der Waals surface area (Å²) in [6, 6.07) is 6.41. The summed E-state index contributed by atoms with van der Waals surface area (Å²) >= 11 is 1.77. The highest BCUT2D eigenvalue weighted by molar-refractivity contribution is 7.10. The summed E-state index contributed by atoms with van der Waals surface area (Å²) in [6.07, 6.45) is 2.20. The largest absolute Gasteiger partial charge is 0.478 e. The van der Waals surface area contributed by atoms with Gasteiger partial charge in [-0.05, 0) is 31.7 Å². The van der Waals surface area contributed by atoms with Crippen molar-refractivity contribution in [3.05, 3.63) is 34.3 Å². The van der Waals surface area contributed by atoms with Crippen molar-refractivity contribution in [1.82, 2.24) is 9.97 Å². The van der Waals surface area contributed by atoms with Crippen molar-refractivity contribution in [1.29, 1.82) is 0 Å². The Kier molecular flexibility index (Phi) is 5.35. The normalized spacial score (nSPS) is 12.2. The number of hydrogen-bond acceptors (Lipinski definition) is 5. The standard InChI is InChI=1S/C15H21N3OS/c1-4-7-12(13-8-6-9-20-13)18-14-10-15(19-5-2)17-11(3)16-14/h6,8-10,12H,4-5,7H2,1-3H3,(H,16,17,18). The molecule has 1 N–H and O–H groups in total. The van der Waals surface area contributed by atoms with E-state index in [0.29, 0.717) is 18.5 Å². The van der Waals surface area contributed by atoms with Gasteiger partial charge in [0.15, 0.2) is 0 Å². The molecule has 0 aliphatic carbocycles. The number of thiophene rings is 1. The maximum absolute atomic E-state index is 5.47. The lowest BCUT2D eigenvalue weighted by Gasteiger charge is -2.18. The zero-order valence-electron chi connectivity index (χ0n) is 12.2. The highest BCUT2D eigenvalue weighted by Crippen LogP contribution is 2.27. The second-order valence-corrected chi connectivity index (χ2v) is 5.55. The van der Waals surface area contributed by atoms with Gasteiger partial charge >= 0.3 is 0 Å². The molecule has 0 aliphatic rings. The van der Waals surface area contributed by atoms with Gasteiger partial charge in [0.05, 0.1) is 12.6 Å². The Morgan fingerprint density at radius 2 is 2.20 bits per heavy atom. The fourth-order valence-corrected chi connectivity index (χ4v) is 2.89. The number of aromatic nitrogens is 2. The van der Waals surface area contributed by atoms with E-state index in [4.69, 9.17) is 4.74 Å². The number of nitrogens with one attached hydrogen (secondary N) is 1. The van der Waals surface area contributed by atoms with Crippen LogP contribution in [-0.4, -0.2) is 16.6 Å². The third-order valence-corrected chi connectivity index (χ3v) is 3.88. The lowest BCUT2D eigenvalue weighted by Crippen LogP contribution is -2.11. The molecule has 2 rings (SSSR count). The number of aryl methyl sites for hydroxylation is 1. The average Bonchev–Trinajstić information content (AvgIpc) is 2.91. The minimum absolute atomic E-state index is 0.295. The SMILES string of the molecule is CCCC(Nc1cc(OCC)nc(C)n1)c1cccs1. The summed E-state index contributed by atoms with van der Waals surface area (Å²) < 4.78 is 5.47. The Bertz CT molecular complexity index is 528. The van der Waals surface area contributed by atoms with Crippen molar-refractivity contribution >= 4 is 17.2 Å². The van der Waals surface area contributed by atoms with Crippen LogP contribution in [0.3, 0.4) is 0 Å². The average molecular weight is 291 g/mol. The number of anilines is 1. The molecule has 0 aliphatic heterocycles. The molecule has 0 bridgehead atoms. The summed E-state index contributed by atoms with van der Waals surface area (Å²) in [5, 5.41) is 5.61. The summed E-state index contributed by atoms with van der Waals surface area (Å²) in [6.45, 7) is 6.64. The number of nitrogens with zero attached hydrogens (tertiary/aromatic N) is 2. The van der Waals surface area contributed by atoms with Crippen LogP contribution in [0.5, 0.6) is 5.88 Å². The molecule has 2 heterocycles. The van der Waals surface area contributed by atoms with Crippen LogP contribution in [0, 0.1) is 6.92 Å². The Labute approximate surface area is 124 Å². The van der Waals surface area contributed by atoms with Crippen molar-refractivity contribution in [3.8, 4) is 5.88 Å². The minimum atomic E-state index is 0.295. The van der Waals surface area contributed by atoms with E-state index in [1.54, 1.807) is 11.3 Å². The van der Waals surface area contributed by atoms with Crippen LogP contribution in [0.15, 0.2) is 23.6 Å². The summed E-state index contributed by atoms with van der Waals surface area (Å²) in [4.78, 5) is 10.1. The third kappa shape index (κ3) is 3.93. The molecule has 0 radical (unpaired) electrons. The first-order chi connectivity index (χ1) is 9.72.